The summed E-state index contributed by atoms with van der Waals surface area (Å²) in [6, 6.07) is 8.26. The van der Waals surface area contributed by atoms with Crippen molar-refractivity contribution in [3.05, 3.63) is 41.6 Å². The fourth-order valence-electron chi connectivity index (χ4n) is 2.40. The lowest BCUT2D eigenvalue weighted by Crippen LogP contribution is -2.23. The summed E-state index contributed by atoms with van der Waals surface area (Å²) >= 11 is 0. The number of rotatable bonds is 3. The second kappa shape index (κ2) is 5.36. The molecule has 0 unspecified atom stereocenters. The first kappa shape index (κ1) is 12.1. The maximum Gasteiger partial charge on any atom is 0.156 e. The Morgan fingerprint density at radius 1 is 1.21 bits per heavy atom. The van der Waals surface area contributed by atoms with Gasteiger partial charge in [0.15, 0.2) is 5.82 Å². The Kier molecular flexibility index (Phi) is 3.42. The normalized spacial score (nSPS) is 15.3. The lowest BCUT2D eigenvalue weighted by atomic mass is 10.1. The van der Waals surface area contributed by atoms with Crippen LogP contribution in [0.3, 0.4) is 0 Å². The maximum atomic E-state index is 4.29. The standard InChI is InChI=1S/C15H18N4/c1-11-13-4-2-3-5-14(13)15(19-18-11)17-10-12-6-8-16-9-7-12/h2-6,16H,7-10H2,1H3,(H,17,19). The highest BCUT2D eigenvalue weighted by Crippen LogP contribution is 2.22. The van der Waals surface area contributed by atoms with Crippen molar-refractivity contribution < 1.29 is 0 Å². The molecular formula is C15H18N4. The van der Waals surface area contributed by atoms with Gasteiger partial charge >= 0.3 is 0 Å². The van der Waals surface area contributed by atoms with Crippen LogP contribution in [-0.4, -0.2) is 29.8 Å². The molecule has 1 aliphatic rings. The summed E-state index contributed by atoms with van der Waals surface area (Å²) in [6.45, 7) is 4.88. The molecule has 4 heteroatoms. The van der Waals surface area contributed by atoms with Gasteiger partial charge in [-0.15, -0.1) is 5.10 Å². The Hall–Kier alpha value is -1.94. The monoisotopic (exact) mass is 254 g/mol. The van der Waals surface area contributed by atoms with E-state index in [0.29, 0.717) is 0 Å². The summed E-state index contributed by atoms with van der Waals surface area (Å²) in [6.07, 6.45) is 3.35. The number of aryl methyl sites for hydroxylation is 1. The highest BCUT2D eigenvalue weighted by molar-refractivity contribution is 5.92. The van der Waals surface area contributed by atoms with E-state index in [-0.39, 0.29) is 0 Å². The van der Waals surface area contributed by atoms with Gasteiger partial charge in [0.1, 0.15) is 0 Å². The van der Waals surface area contributed by atoms with Crippen molar-refractivity contribution in [2.24, 2.45) is 0 Å². The van der Waals surface area contributed by atoms with Gasteiger partial charge in [-0.05, 0) is 19.9 Å². The van der Waals surface area contributed by atoms with Crippen LogP contribution >= 0.6 is 0 Å². The Morgan fingerprint density at radius 3 is 2.84 bits per heavy atom. The average molecular weight is 254 g/mol. The van der Waals surface area contributed by atoms with Crippen LogP contribution in [0.1, 0.15) is 12.1 Å². The van der Waals surface area contributed by atoms with E-state index in [1.54, 1.807) is 0 Å². The summed E-state index contributed by atoms with van der Waals surface area (Å²) in [7, 11) is 0. The van der Waals surface area contributed by atoms with Crippen molar-refractivity contribution in [2.75, 3.05) is 25.0 Å². The van der Waals surface area contributed by atoms with Gasteiger partial charge in [0.2, 0.25) is 0 Å². The first-order valence-corrected chi connectivity index (χ1v) is 6.69. The van der Waals surface area contributed by atoms with Crippen LogP contribution in [0.15, 0.2) is 35.9 Å². The highest BCUT2D eigenvalue weighted by atomic mass is 15.2. The van der Waals surface area contributed by atoms with E-state index in [0.717, 1.165) is 43.0 Å². The van der Waals surface area contributed by atoms with Crippen LogP contribution in [0.5, 0.6) is 0 Å². The van der Waals surface area contributed by atoms with Gasteiger partial charge in [0.25, 0.3) is 0 Å². The topological polar surface area (TPSA) is 49.8 Å². The number of fused-ring (bicyclic) bond motifs is 1. The summed E-state index contributed by atoms with van der Waals surface area (Å²) < 4.78 is 0. The van der Waals surface area contributed by atoms with Crippen LogP contribution in [0.25, 0.3) is 10.8 Å². The Balaban J connectivity index is 1.85. The molecule has 0 saturated carbocycles. The Bertz CT molecular complexity index is 619. The van der Waals surface area contributed by atoms with Crippen molar-refractivity contribution in [1.82, 2.24) is 15.5 Å². The smallest absolute Gasteiger partial charge is 0.156 e. The number of anilines is 1. The molecule has 0 radical (unpaired) electrons. The van der Waals surface area contributed by atoms with Gasteiger partial charge in [-0.25, -0.2) is 0 Å². The minimum absolute atomic E-state index is 0.851. The van der Waals surface area contributed by atoms with E-state index in [2.05, 4.69) is 39.0 Å². The van der Waals surface area contributed by atoms with Crippen LogP contribution in [-0.2, 0) is 0 Å². The largest absolute Gasteiger partial charge is 0.364 e. The van der Waals surface area contributed by atoms with Crippen LogP contribution in [0.4, 0.5) is 5.82 Å². The first-order chi connectivity index (χ1) is 9.34. The molecule has 0 fully saturated rings. The van der Waals surface area contributed by atoms with Crippen molar-refractivity contribution in [3.63, 3.8) is 0 Å². The van der Waals surface area contributed by atoms with E-state index < -0.39 is 0 Å². The van der Waals surface area contributed by atoms with Crippen molar-refractivity contribution in [1.29, 1.82) is 0 Å². The predicted octanol–water partition coefficient (Wildman–Crippen LogP) is 2.27. The highest BCUT2D eigenvalue weighted by Gasteiger charge is 2.07. The third-order valence-corrected chi connectivity index (χ3v) is 3.51. The third kappa shape index (κ3) is 2.58. The molecule has 0 spiro atoms. The van der Waals surface area contributed by atoms with Gasteiger partial charge in [-0.3, -0.25) is 0 Å². The van der Waals surface area contributed by atoms with Crippen molar-refractivity contribution >= 4 is 16.6 Å². The summed E-state index contributed by atoms with van der Waals surface area (Å²) in [5, 5.41) is 17.6. The molecule has 1 aromatic carbocycles. The maximum absolute atomic E-state index is 4.29. The minimum Gasteiger partial charge on any atom is -0.364 e. The second-order valence-corrected chi connectivity index (χ2v) is 4.85. The molecule has 19 heavy (non-hydrogen) atoms. The van der Waals surface area contributed by atoms with Gasteiger partial charge in [-0.1, -0.05) is 35.9 Å². The summed E-state index contributed by atoms with van der Waals surface area (Å²) in [4.78, 5) is 0. The number of aromatic nitrogens is 2. The molecule has 2 heterocycles. The van der Waals surface area contributed by atoms with Crippen LogP contribution < -0.4 is 10.6 Å². The molecule has 0 amide bonds. The SMILES string of the molecule is Cc1nnc(NCC2=CCNCC2)c2ccccc12. The van der Waals surface area contributed by atoms with E-state index in [4.69, 9.17) is 0 Å². The van der Waals surface area contributed by atoms with Crippen LogP contribution in [0.2, 0.25) is 0 Å². The molecule has 4 nitrogen and oxygen atoms in total. The molecular weight excluding hydrogens is 236 g/mol. The lowest BCUT2D eigenvalue weighted by Gasteiger charge is -2.15. The molecule has 0 saturated heterocycles. The van der Waals surface area contributed by atoms with E-state index >= 15 is 0 Å². The number of nitrogens with one attached hydrogen (secondary N) is 2. The average Bonchev–Trinajstić information content (AvgIpc) is 2.48. The lowest BCUT2D eigenvalue weighted by molar-refractivity contribution is 0.697. The van der Waals surface area contributed by atoms with E-state index in [9.17, 15) is 0 Å². The number of hydrogen-bond donors (Lipinski definition) is 2. The summed E-state index contributed by atoms with van der Waals surface area (Å²) in [5.41, 5.74) is 2.41. The van der Waals surface area contributed by atoms with Crippen molar-refractivity contribution in [2.45, 2.75) is 13.3 Å². The third-order valence-electron chi connectivity index (χ3n) is 3.51. The van der Waals surface area contributed by atoms with Crippen LogP contribution in [0, 0.1) is 6.92 Å². The molecule has 1 aromatic heterocycles. The molecule has 0 bridgehead atoms. The first-order valence-electron chi connectivity index (χ1n) is 6.69. The molecule has 2 N–H and O–H groups in total. The quantitative estimate of drug-likeness (QED) is 0.825. The zero-order chi connectivity index (χ0) is 13.1. The van der Waals surface area contributed by atoms with E-state index in [1.807, 2.05) is 19.1 Å². The zero-order valence-electron chi connectivity index (χ0n) is 11.1. The molecule has 2 aromatic rings. The Labute approximate surface area is 112 Å². The molecule has 0 atom stereocenters. The molecule has 1 aliphatic heterocycles. The molecule has 0 aliphatic carbocycles. The second-order valence-electron chi connectivity index (χ2n) is 4.85. The zero-order valence-corrected chi connectivity index (χ0v) is 11.1. The van der Waals surface area contributed by atoms with Crippen molar-refractivity contribution in [3.8, 4) is 0 Å². The minimum atomic E-state index is 0.851. The number of benzene rings is 1. The van der Waals surface area contributed by atoms with Gasteiger partial charge < -0.3 is 10.6 Å². The van der Waals surface area contributed by atoms with Gasteiger partial charge in [-0.2, -0.15) is 5.10 Å². The van der Waals surface area contributed by atoms with Gasteiger partial charge in [0.05, 0.1) is 5.69 Å². The molecule has 98 valence electrons. The predicted molar refractivity (Wildman–Crippen MR) is 78.3 cm³/mol. The fraction of sp³-hybridized carbons (Fsp3) is 0.333. The van der Waals surface area contributed by atoms with E-state index in [1.165, 1.54) is 11.0 Å². The van der Waals surface area contributed by atoms with Gasteiger partial charge in [0, 0.05) is 23.9 Å². The number of hydrogen-bond acceptors (Lipinski definition) is 4. The fourth-order valence-corrected chi connectivity index (χ4v) is 2.40. The number of nitrogens with zero attached hydrogens (tertiary/aromatic N) is 2. The molecule has 3 rings (SSSR count). The Morgan fingerprint density at radius 2 is 2.05 bits per heavy atom. The summed E-state index contributed by atoms with van der Waals surface area (Å²) in [5.74, 6) is 0.876.